The Balaban J connectivity index is 2.36. The van der Waals surface area contributed by atoms with Crippen molar-refractivity contribution in [3.8, 4) is 17.6 Å². The SMILES string of the molecule is COCCOc1cc([N+](=O)[O-])c(C(=O)Nc2cc(C)nn2CCC#N)cc1OC. The molecular weight excluding hydrogens is 382 g/mol. The molecule has 0 radical (unpaired) electrons. The van der Waals surface area contributed by atoms with Gasteiger partial charge < -0.3 is 19.5 Å². The van der Waals surface area contributed by atoms with Gasteiger partial charge in [-0.1, -0.05) is 0 Å². The summed E-state index contributed by atoms with van der Waals surface area (Å²) < 4.78 is 17.0. The fourth-order valence-corrected chi connectivity index (χ4v) is 2.55. The van der Waals surface area contributed by atoms with E-state index >= 15 is 0 Å². The Kier molecular flexibility index (Phi) is 7.50. The predicted octanol–water partition coefficient (Wildman–Crippen LogP) is 2.30. The third-order valence-corrected chi connectivity index (χ3v) is 3.85. The third kappa shape index (κ3) is 5.43. The van der Waals surface area contributed by atoms with E-state index in [4.69, 9.17) is 19.5 Å². The second-order valence-electron chi connectivity index (χ2n) is 5.87. The molecule has 1 amide bonds. The van der Waals surface area contributed by atoms with Gasteiger partial charge in [0.15, 0.2) is 11.5 Å². The van der Waals surface area contributed by atoms with Gasteiger partial charge in [0.05, 0.1) is 49.4 Å². The van der Waals surface area contributed by atoms with E-state index in [0.717, 1.165) is 6.07 Å². The number of amides is 1. The average Bonchev–Trinajstić information content (AvgIpc) is 3.04. The highest BCUT2D eigenvalue weighted by molar-refractivity contribution is 6.07. The number of nitro benzene ring substituents is 1. The molecule has 0 spiro atoms. The molecule has 11 nitrogen and oxygen atoms in total. The van der Waals surface area contributed by atoms with Crippen LogP contribution in [0.2, 0.25) is 0 Å². The Morgan fingerprint density at radius 2 is 2.07 bits per heavy atom. The molecule has 1 N–H and O–H groups in total. The van der Waals surface area contributed by atoms with Crippen molar-refractivity contribution < 1.29 is 23.9 Å². The lowest BCUT2D eigenvalue weighted by atomic mass is 10.1. The van der Waals surface area contributed by atoms with Crippen molar-refractivity contribution in [1.82, 2.24) is 9.78 Å². The van der Waals surface area contributed by atoms with Crippen LogP contribution in [0.1, 0.15) is 22.5 Å². The summed E-state index contributed by atoms with van der Waals surface area (Å²) >= 11 is 0. The van der Waals surface area contributed by atoms with Crippen molar-refractivity contribution in [2.45, 2.75) is 19.9 Å². The summed E-state index contributed by atoms with van der Waals surface area (Å²) in [5.41, 5.74) is -0.000585. The molecule has 0 unspecified atom stereocenters. The number of benzene rings is 1. The molecule has 0 bridgehead atoms. The van der Waals surface area contributed by atoms with Gasteiger partial charge in [-0.2, -0.15) is 10.4 Å². The molecule has 0 aliphatic heterocycles. The van der Waals surface area contributed by atoms with E-state index in [2.05, 4.69) is 10.4 Å². The molecule has 1 aromatic carbocycles. The molecule has 0 saturated carbocycles. The zero-order valence-corrected chi connectivity index (χ0v) is 16.3. The Bertz CT molecular complexity index is 934. The molecule has 1 heterocycles. The normalized spacial score (nSPS) is 10.3. The summed E-state index contributed by atoms with van der Waals surface area (Å²) in [5, 5.41) is 27.1. The number of rotatable bonds is 10. The van der Waals surface area contributed by atoms with Gasteiger partial charge >= 0.3 is 0 Å². The van der Waals surface area contributed by atoms with Crippen LogP contribution in [-0.2, 0) is 11.3 Å². The van der Waals surface area contributed by atoms with Gasteiger partial charge in [-0.3, -0.25) is 14.9 Å². The minimum absolute atomic E-state index is 0.128. The summed E-state index contributed by atoms with van der Waals surface area (Å²) in [5.74, 6) is -0.0817. The fourth-order valence-electron chi connectivity index (χ4n) is 2.55. The zero-order chi connectivity index (χ0) is 21.4. The van der Waals surface area contributed by atoms with Gasteiger partial charge in [-0.25, -0.2) is 4.68 Å². The highest BCUT2D eigenvalue weighted by Crippen LogP contribution is 2.35. The number of hydrogen-bond acceptors (Lipinski definition) is 8. The molecule has 2 aromatic rings. The maximum atomic E-state index is 12.8. The zero-order valence-electron chi connectivity index (χ0n) is 16.3. The number of nitro groups is 1. The van der Waals surface area contributed by atoms with Gasteiger partial charge in [0.1, 0.15) is 18.0 Å². The Hall–Kier alpha value is -3.65. The van der Waals surface area contributed by atoms with E-state index in [0.29, 0.717) is 11.5 Å². The second kappa shape index (κ2) is 10.0. The molecule has 154 valence electrons. The molecule has 0 aliphatic carbocycles. The molecule has 0 saturated heterocycles. The molecule has 0 atom stereocenters. The Morgan fingerprint density at radius 3 is 2.69 bits per heavy atom. The number of methoxy groups -OCH3 is 2. The lowest BCUT2D eigenvalue weighted by Crippen LogP contribution is -2.17. The number of ether oxygens (including phenoxy) is 3. The van der Waals surface area contributed by atoms with E-state index in [9.17, 15) is 14.9 Å². The maximum Gasteiger partial charge on any atom is 0.286 e. The van der Waals surface area contributed by atoms with Crippen molar-refractivity contribution in [1.29, 1.82) is 5.26 Å². The largest absolute Gasteiger partial charge is 0.493 e. The van der Waals surface area contributed by atoms with Crippen molar-refractivity contribution in [3.05, 3.63) is 39.6 Å². The Labute approximate surface area is 166 Å². The van der Waals surface area contributed by atoms with Crippen LogP contribution < -0.4 is 14.8 Å². The highest BCUT2D eigenvalue weighted by atomic mass is 16.6. The van der Waals surface area contributed by atoms with E-state index in [-0.39, 0.29) is 43.2 Å². The number of carbonyl (C=O) groups is 1. The molecule has 0 aliphatic rings. The summed E-state index contributed by atoms with van der Waals surface area (Å²) in [7, 11) is 2.87. The lowest BCUT2D eigenvalue weighted by molar-refractivity contribution is -0.385. The van der Waals surface area contributed by atoms with E-state index in [1.807, 2.05) is 6.07 Å². The first-order chi connectivity index (χ1) is 13.9. The molecule has 29 heavy (non-hydrogen) atoms. The number of nitriles is 1. The number of aryl methyl sites for hydroxylation is 2. The van der Waals surface area contributed by atoms with Crippen molar-refractivity contribution in [2.75, 3.05) is 32.8 Å². The van der Waals surface area contributed by atoms with Crippen LogP contribution in [0.5, 0.6) is 11.5 Å². The summed E-state index contributed by atoms with van der Waals surface area (Å²) in [6.07, 6.45) is 0.200. The number of nitrogens with one attached hydrogen (secondary N) is 1. The molecular formula is C18H21N5O6. The van der Waals surface area contributed by atoms with Crippen LogP contribution in [0.3, 0.4) is 0 Å². The monoisotopic (exact) mass is 403 g/mol. The number of carbonyl (C=O) groups excluding carboxylic acids is 1. The van der Waals surface area contributed by atoms with Crippen LogP contribution in [0.15, 0.2) is 18.2 Å². The number of aromatic nitrogens is 2. The van der Waals surface area contributed by atoms with E-state index in [1.54, 1.807) is 13.0 Å². The minimum Gasteiger partial charge on any atom is -0.493 e. The first-order valence-corrected chi connectivity index (χ1v) is 8.62. The van der Waals surface area contributed by atoms with Crippen LogP contribution in [0.4, 0.5) is 11.5 Å². The molecule has 2 rings (SSSR count). The van der Waals surface area contributed by atoms with E-state index in [1.165, 1.54) is 25.0 Å². The second-order valence-corrected chi connectivity index (χ2v) is 5.87. The quantitative estimate of drug-likeness (QED) is 0.362. The van der Waals surface area contributed by atoms with Gasteiger partial charge in [0.25, 0.3) is 11.6 Å². The Morgan fingerprint density at radius 1 is 1.31 bits per heavy atom. The third-order valence-electron chi connectivity index (χ3n) is 3.85. The van der Waals surface area contributed by atoms with Gasteiger partial charge in [0.2, 0.25) is 0 Å². The van der Waals surface area contributed by atoms with Crippen molar-refractivity contribution in [3.63, 3.8) is 0 Å². The summed E-state index contributed by atoms with van der Waals surface area (Å²) in [6.45, 7) is 2.45. The first-order valence-electron chi connectivity index (χ1n) is 8.62. The van der Waals surface area contributed by atoms with E-state index < -0.39 is 16.5 Å². The molecule has 1 aromatic heterocycles. The van der Waals surface area contributed by atoms with Gasteiger partial charge in [0, 0.05) is 19.2 Å². The smallest absolute Gasteiger partial charge is 0.286 e. The topological polar surface area (TPSA) is 142 Å². The van der Waals surface area contributed by atoms with Crippen LogP contribution >= 0.6 is 0 Å². The van der Waals surface area contributed by atoms with Crippen LogP contribution in [0.25, 0.3) is 0 Å². The molecule has 11 heteroatoms. The number of nitrogens with zero attached hydrogens (tertiary/aromatic N) is 4. The van der Waals surface area contributed by atoms with Gasteiger partial charge in [-0.15, -0.1) is 0 Å². The van der Waals surface area contributed by atoms with Gasteiger partial charge in [-0.05, 0) is 6.92 Å². The standard InChI is InChI=1S/C18H21N5O6/c1-12-9-17(22(21-12)6-4-5-19)20-18(24)13-10-15(28-3)16(29-8-7-27-2)11-14(13)23(25)26/h9-11H,4,6-8H2,1-3H3,(H,20,24). The van der Waals surface area contributed by atoms with Crippen LogP contribution in [-0.4, -0.2) is 48.0 Å². The van der Waals surface area contributed by atoms with Crippen LogP contribution in [0, 0.1) is 28.4 Å². The number of hydrogen-bond donors (Lipinski definition) is 1. The maximum absolute atomic E-state index is 12.8. The van der Waals surface area contributed by atoms with Crippen molar-refractivity contribution in [2.24, 2.45) is 0 Å². The number of anilines is 1. The van der Waals surface area contributed by atoms with Crippen molar-refractivity contribution >= 4 is 17.4 Å². The first kappa shape index (κ1) is 21.6. The predicted molar refractivity (Wildman–Crippen MR) is 102 cm³/mol. The summed E-state index contributed by atoms with van der Waals surface area (Å²) in [6, 6.07) is 6.00. The lowest BCUT2D eigenvalue weighted by Gasteiger charge is -2.13. The fraction of sp³-hybridized carbons (Fsp3) is 0.389. The molecule has 0 fully saturated rings. The minimum atomic E-state index is -0.712. The highest BCUT2D eigenvalue weighted by Gasteiger charge is 2.25. The average molecular weight is 403 g/mol. The summed E-state index contributed by atoms with van der Waals surface area (Å²) in [4.78, 5) is 23.6.